The monoisotopic (exact) mass is 318 g/mol. The number of rotatable bonds is 3. The van der Waals surface area contributed by atoms with E-state index in [2.05, 4.69) is 31.0 Å². The van der Waals surface area contributed by atoms with Crippen molar-refractivity contribution in [3.8, 4) is 5.75 Å². The van der Waals surface area contributed by atoms with E-state index in [0.717, 1.165) is 0 Å². The molecule has 0 spiro atoms. The first-order valence-corrected chi connectivity index (χ1v) is 5.79. The van der Waals surface area contributed by atoms with E-state index >= 15 is 0 Å². The number of halogens is 3. The van der Waals surface area contributed by atoms with E-state index in [4.69, 9.17) is 0 Å². The van der Waals surface area contributed by atoms with Crippen molar-refractivity contribution in [3.05, 3.63) is 28.4 Å². The number of aromatic amines is 1. The van der Waals surface area contributed by atoms with Crippen molar-refractivity contribution in [1.82, 2.24) is 10.3 Å². The number of alkyl halides is 2. The van der Waals surface area contributed by atoms with Gasteiger partial charge in [-0.05, 0) is 12.1 Å². The van der Waals surface area contributed by atoms with Crippen molar-refractivity contribution in [1.29, 1.82) is 0 Å². The number of aromatic nitrogens is 1. The van der Waals surface area contributed by atoms with Crippen LogP contribution in [-0.2, 0) is 0 Å². The molecule has 2 rings (SSSR count). The third-order valence-corrected chi connectivity index (χ3v) is 2.86. The predicted octanol–water partition coefficient (Wildman–Crippen LogP) is 2.89. The summed E-state index contributed by atoms with van der Waals surface area (Å²) in [6.45, 7) is -2.92. The van der Waals surface area contributed by atoms with Gasteiger partial charge in [0.05, 0.1) is 11.1 Å². The lowest BCUT2D eigenvalue weighted by atomic mass is 10.1. The van der Waals surface area contributed by atoms with Gasteiger partial charge >= 0.3 is 6.61 Å². The van der Waals surface area contributed by atoms with Crippen LogP contribution in [0.2, 0.25) is 0 Å². The molecular formula is C11H9BrF2N2O2. The second-order valence-electron chi connectivity index (χ2n) is 3.49. The van der Waals surface area contributed by atoms with Gasteiger partial charge in [0, 0.05) is 23.1 Å². The van der Waals surface area contributed by atoms with Crippen molar-refractivity contribution in [2.24, 2.45) is 0 Å². The Labute approximate surface area is 109 Å². The van der Waals surface area contributed by atoms with Gasteiger partial charge in [-0.25, -0.2) is 0 Å². The maximum Gasteiger partial charge on any atom is 0.387 e. The number of hydrogen-bond acceptors (Lipinski definition) is 2. The highest BCUT2D eigenvalue weighted by Crippen LogP contribution is 2.32. The zero-order valence-electron chi connectivity index (χ0n) is 9.26. The largest absolute Gasteiger partial charge is 0.433 e. The Balaban J connectivity index is 2.61. The van der Waals surface area contributed by atoms with Gasteiger partial charge in [0.25, 0.3) is 5.91 Å². The van der Waals surface area contributed by atoms with Crippen LogP contribution in [0.3, 0.4) is 0 Å². The van der Waals surface area contributed by atoms with Gasteiger partial charge in [0.1, 0.15) is 0 Å². The number of nitrogens with one attached hydrogen (secondary N) is 2. The van der Waals surface area contributed by atoms with Crippen molar-refractivity contribution >= 4 is 32.7 Å². The minimum Gasteiger partial charge on any atom is -0.433 e. The first-order valence-electron chi connectivity index (χ1n) is 5.00. The Morgan fingerprint density at radius 3 is 2.83 bits per heavy atom. The molecule has 1 aromatic carbocycles. The Hall–Kier alpha value is -1.63. The number of fused-ring (bicyclic) bond motifs is 1. The summed E-state index contributed by atoms with van der Waals surface area (Å²) in [5.41, 5.74) is 0.727. The quantitative estimate of drug-likeness (QED) is 0.914. The van der Waals surface area contributed by atoms with Crippen LogP contribution in [0.1, 0.15) is 10.4 Å². The Kier molecular flexibility index (Phi) is 3.51. The lowest BCUT2D eigenvalue weighted by Crippen LogP contribution is -2.17. The SMILES string of the molecule is CNC(=O)c1c[nH]c2c(OC(F)F)cc(Br)cc12. The zero-order chi connectivity index (χ0) is 13.3. The zero-order valence-corrected chi connectivity index (χ0v) is 10.8. The molecule has 0 saturated carbocycles. The first-order chi connectivity index (χ1) is 8.52. The van der Waals surface area contributed by atoms with Crippen molar-refractivity contribution in [2.45, 2.75) is 6.61 Å². The van der Waals surface area contributed by atoms with Crippen LogP contribution < -0.4 is 10.1 Å². The van der Waals surface area contributed by atoms with Crippen LogP contribution in [0.15, 0.2) is 22.8 Å². The number of ether oxygens (including phenoxy) is 1. The lowest BCUT2D eigenvalue weighted by Gasteiger charge is -2.07. The van der Waals surface area contributed by atoms with Crippen LogP contribution >= 0.6 is 15.9 Å². The molecule has 0 unspecified atom stereocenters. The maximum atomic E-state index is 12.3. The topological polar surface area (TPSA) is 54.1 Å². The van der Waals surface area contributed by atoms with E-state index in [9.17, 15) is 13.6 Å². The summed E-state index contributed by atoms with van der Waals surface area (Å²) in [5, 5.41) is 2.99. The van der Waals surface area contributed by atoms with E-state index in [1.807, 2.05) is 0 Å². The van der Waals surface area contributed by atoms with Crippen LogP contribution in [0, 0.1) is 0 Å². The molecule has 0 bridgehead atoms. The summed E-state index contributed by atoms with van der Waals surface area (Å²) in [4.78, 5) is 14.4. The average molecular weight is 319 g/mol. The molecule has 2 N–H and O–H groups in total. The summed E-state index contributed by atoms with van der Waals surface area (Å²) in [5.74, 6) is -0.313. The molecule has 0 aliphatic heterocycles. The van der Waals surface area contributed by atoms with Gasteiger partial charge in [-0.3, -0.25) is 4.79 Å². The second kappa shape index (κ2) is 4.93. The summed E-state index contributed by atoms with van der Waals surface area (Å²) >= 11 is 3.19. The van der Waals surface area contributed by atoms with Crippen LogP contribution in [0.25, 0.3) is 10.9 Å². The van der Waals surface area contributed by atoms with Gasteiger partial charge in [-0.15, -0.1) is 0 Å². The van der Waals surface area contributed by atoms with Crippen molar-refractivity contribution in [2.75, 3.05) is 7.05 Å². The highest BCUT2D eigenvalue weighted by molar-refractivity contribution is 9.10. The summed E-state index contributed by atoms with van der Waals surface area (Å²) in [7, 11) is 1.50. The molecule has 96 valence electrons. The molecule has 0 aliphatic carbocycles. The molecular weight excluding hydrogens is 310 g/mol. The lowest BCUT2D eigenvalue weighted by molar-refractivity contribution is -0.0489. The van der Waals surface area contributed by atoms with Gasteiger partial charge in [0.2, 0.25) is 0 Å². The molecule has 1 heterocycles. The highest BCUT2D eigenvalue weighted by atomic mass is 79.9. The van der Waals surface area contributed by atoms with E-state index in [1.165, 1.54) is 19.3 Å². The molecule has 0 atom stereocenters. The number of hydrogen-bond donors (Lipinski definition) is 2. The summed E-state index contributed by atoms with van der Waals surface area (Å²) in [6.07, 6.45) is 1.45. The third-order valence-electron chi connectivity index (χ3n) is 2.41. The fraction of sp³-hybridized carbons (Fsp3) is 0.182. The van der Waals surface area contributed by atoms with Gasteiger partial charge in [-0.2, -0.15) is 8.78 Å². The van der Waals surface area contributed by atoms with Crippen LogP contribution in [0.4, 0.5) is 8.78 Å². The van der Waals surface area contributed by atoms with Crippen molar-refractivity contribution in [3.63, 3.8) is 0 Å². The van der Waals surface area contributed by atoms with E-state index in [1.54, 1.807) is 6.07 Å². The Bertz CT molecular complexity index is 598. The molecule has 18 heavy (non-hydrogen) atoms. The van der Waals surface area contributed by atoms with Gasteiger partial charge < -0.3 is 15.0 Å². The number of benzene rings is 1. The van der Waals surface area contributed by atoms with Gasteiger partial charge in [-0.1, -0.05) is 15.9 Å². The minimum atomic E-state index is -2.92. The fourth-order valence-electron chi connectivity index (χ4n) is 1.68. The fourth-order valence-corrected chi connectivity index (χ4v) is 2.11. The number of amides is 1. The second-order valence-corrected chi connectivity index (χ2v) is 4.40. The molecule has 1 amide bonds. The van der Waals surface area contributed by atoms with Crippen LogP contribution in [0.5, 0.6) is 5.75 Å². The Morgan fingerprint density at radius 2 is 2.22 bits per heavy atom. The normalized spacial score (nSPS) is 10.9. The number of H-pyrrole nitrogens is 1. The molecule has 0 fully saturated rings. The molecule has 2 aromatic rings. The third kappa shape index (κ3) is 2.31. The molecule has 4 nitrogen and oxygen atoms in total. The predicted molar refractivity (Wildman–Crippen MR) is 66.0 cm³/mol. The molecule has 1 aromatic heterocycles. The maximum absolute atomic E-state index is 12.3. The number of carbonyl (C=O) groups is 1. The Morgan fingerprint density at radius 1 is 1.50 bits per heavy atom. The van der Waals surface area contributed by atoms with E-state index in [-0.39, 0.29) is 11.7 Å². The standard InChI is InChI=1S/C11H9BrF2N2O2/c1-15-10(17)7-4-16-9-6(7)2-5(12)3-8(9)18-11(13)14/h2-4,11,16H,1H3,(H,15,17). The summed E-state index contributed by atoms with van der Waals surface area (Å²) < 4.78 is 29.5. The van der Waals surface area contributed by atoms with Crippen LogP contribution in [-0.4, -0.2) is 24.6 Å². The summed E-state index contributed by atoms with van der Waals surface area (Å²) in [6, 6.07) is 3.08. The van der Waals surface area contributed by atoms with E-state index < -0.39 is 6.61 Å². The number of carbonyl (C=O) groups excluding carboxylic acids is 1. The minimum absolute atomic E-state index is 0.00970. The van der Waals surface area contributed by atoms with Crippen molar-refractivity contribution < 1.29 is 18.3 Å². The molecule has 0 saturated heterocycles. The molecule has 0 aliphatic rings. The van der Waals surface area contributed by atoms with Gasteiger partial charge in [0.15, 0.2) is 5.75 Å². The van der Waals surface area contributed by atoms with E-state index in [0.29, 0.717) is 20.9 Å². The highest BCUT2D eigenvalue weighted by Gasteiger charge is 2.16. The smallest absolute Gasteiger partial charge is 0.387 e. The molecule has 7 heteroatoms. The average Bonchev–Trinajstić information content (AvgIpc) is 2.70. The molecule has 0 radical (unpaired) electrons. The first kappa shape index (κ1) is 12.8.